The first-order valence-corrected chi connectivity index (χ1v) is 15.7. The molecule has 41 heavy (non-hydrogen) atoms. The van der Waals surface area contributed by atoms with Gasteiger partial charge in [0.15, 0.2) is 0 Å². The largest absolute Gasteiger partial charge is 0.459 e. The maximum absolute atomic E-state index is 12.8. The topological polar surface area (TPSA) is 122 Å². The number of hydrogen-bond acceptors (Lipinski definition) is 8. The molecule has 1 spiro atoms. The fourth-order valence-electron chi connectivity index (χ4n) is 10.7. The molecule has 2 saturated heterocycles. The zero-order chi connectivity index (χ0) is 28.8. The molecule has 9 heteroatoms. The number of fused-ring (bicyclic) bond motifs is 3. The summed E-state index contributed by atoms with van der Waals surface area (Å²) in [6.45, 7) is 8.40. The zero-order valence-electron chi connectivity index (χ0n) is 24.5. The quantitative estimate of drug-likeness (QED) is 0.411. The van der Waals surface area contributed by atoms with Gasteiger partial charge in [-0.3, -0.25) is 14.5 Å². The standard InChI is InChI=1S/C32H44N2O7/c1-19(35)40-27-26(20-6-7-25(37)39-18-20)30(3)12-9-22-23(32(30)28(27)41-32)10-13-31(38)16-21(8-11-29(22,31)2)33-24(36)17-34-14-4-5-15-34/h6-7,18,21-23,26-28,38H,4-5,8-17H2,1-3H3,(H,33,36)/t21-,22-,23+,26-,27+,28+,29+,30+,31-,32+/m0/s1. The van der Waals surface area contributed by atoms with E-state index in [1.807, 2.05) is 6.07 Å². The number of amides is 1. The zero-order valence-corrected chi connectivity index (χ0v) is 24.5. The number of carbonyl (C=O) groups is 2. The fraction of sp³-hybridized carbons (Fsp3) is 0.781. The molecule has 4 saturated carbocycles. The van der Waals surface area contributed by atoms with Crippen LogP contribution in [0.2, 0.25) is 0 Å². The molecule has 9 nitrogen and oxygen atoms in total. The van der Waals surface area contributed by atoms with Gasteiger partial charge in [0.1, 0.15) is 17.8 Å². The molecule has 0 unspecified atom stereocenters. The minimum Gasteiger partial charge on any atom is -0.459 e. The lowest BCUT2D eigenvalue weighted by Gasteiger charge is -2.64. The van der Waals surface area contributed by atoms with E-state index in [0.717, 1.165) is 63.6 Å². The third-order valence-corrected chi connectivity index (χ3v) is 12.6. The Hall–Kier alpha value is -2.23. The Morgan fingerprint density at radius 1 is 1.07 bits per heavy atom. The molecule has 224 valence electrons. The third kappa shape index (κ3) is 3.94. The number of esters is 1. The van der Waals surface area contributed by atoms with Gasteiger partial charge in [-0.05, 0) is 99.8 Å². The van der Waals surface area contributed by atoms with E-state index in [4.69, 9.17) is 13.9 Å². The Morgan fingerprint density at radius 2 is 1.80 bits per heavy atom. The number of nitrogens with one attached hydrogen (secondary N) is 1. The molecule has 6 fully saturated rings. The average Bonchev–Trinajstić information content (AvgIpc) is 3.37. The Balaban J connectivity index is 1.14. The second kappa shape index (κ2) is 9.38. The van der Waals surface area contributed by atoms with Crippen LogP contribution in [0.3, 0.4) is 0 Å². The smallest absolute Gasteiger partial charge is 0.335 e. The van der Waals surface area contributed by atoms with E-state index in [-0.39, 0.29) is 52.6 Å². The number of rotatable bonds is 5. The SMILES string of the molecule is CC(=O)O[C@H]1[C@H]2O[C@]23[C@@H]2CC[C@]4(O)C[C@@H](NC(=O)CN5CCCC5)CC[C@]4(C)[C@H]2CC[C@]3(C)[C@H]1c1ccc(=O)oc1. The van der Waals surface area contributed by atoms with E-state index < -0.39 is 22.9 Å². The van der Waals surface area contributed by atoms with E-state index in [9.17, 15) is 19.5 Å². The molecule has 2 aliphatic heterocycles. The van der Waals surface area contributed by atoms with E-state index in [0.29, 0.717) is 19.4 Å². The summed E-state index contributed by atoms with van der Waals surface area (Å²) in [7, 11) is 0. The summed E-state index contributed by atoms with van der Waals surface area (Å²) in [5, 5.41) is 15.5. The predicted octanol–water partition coefficient (Wildman–Crippen LogP) is 3.13. The molecule has 0 radical (unpaired) electrons. The lowest BCUT2D eigenvalue weighted by Crippen LogP contribution is -2.66. The molecule has 1 aromatic heterocycles. The van der Waals surface area contributed by atoms with Crippen molar-refractivity contribution < 1.29 is 28.6 Å². The normalized spacial score (nSPS) is 46.5. The summed E-state index contributed by atoms with van der Waals surface area (Å²) < 4.78 is 17.9. The van der Waals surface area contributed by atoms with Crippen LogP contribution in [0, 0.1) is 22.7 Å². The fourth-order valence-corrected chi connectivity index (χ4v) is 10.7. The van der Waals surface area contributed by atoms with Crippen molar-refractivity contribution in [2.24, 2.45) is 22.7 Å². The van der Waals surface area contributed by atoms with Crippen molar-refractivity contribution in [2.75, 3.05) is 19.6 Å². The minimum absolute atomic E-state index is 0.00591. The summed E-state index contributed by atoms with van der Waals surface area (Å²) in [6.07, 6.45) is 8.82. The van der Waals surface area contributed by atoms with Gasteiger partial charge in [-0.25, -0.2) is 4.79 Å². The predicted molar refractivity (Wildman–Crippen MR) is 149 cm³/mol. The number of aliphatic hydroxyl groups is 1. The van der Waals surface area contributed by atoms with Crippen LogP contribution in [0.5, 0.6) is 0 Å². The number of epoxide rings is 1. The minimum atomic E-state index is -0.844. The van der Waals surface area contributed by atoms with Crippen LogP contribution < -0.4 is 10.9 Å². The number of carbonyl (C=O) groups excluding carboxylic acids is 2. The van der Waals surface area contributed by atoms with E-state index >= 15 is 0 Å². The number of hydrogen-bond donors (Lipinski definition) is 2. The first kappa shape index (κ1) is 27.6. The first-order valence-electron chi connectivity index (χ1n) is 15.7. The van der Waals surface area contributed by atoms with Gasteiger partial charge in [-0.2, -0.15) is 0 Å². The van der Waals surface area contributed by atoms with Crippen LogP contribution in [0.25, 0.3) is 0 Å². The summed E-state index contributed by atoms with van der Waals surface area (Å²) >= 11 is 0. The van der Waals surface area contributed by atoms with Gasteiger partial charge in [-0.15, -0.1) is 0 Å². The Labute approximate surface area is 241 Å². The maximum atomic E-state index is 12.8. The van der Waals surface area contributed by atoms with Crippen LogP contribution >= 0.6 is 0 Å². The number of likely N-dealkylation sites (tertiary alicyclic amines) is 1. The van der Waals surface area contributed by atoms with E-state index in [1.165, 1.54) is 19.3 Å². The molecule has 6 aliphatic rings. The summed E-state index contributed by atoms with van der Waals surface area (Å²) in [5.74, 6) is 0.106. The molecule has 0 aromatic carbocycles. The third-order valence-electron chi connectivity index (χ3n) is 12.6. The van der Waals surface area contributed by atoms with Crippen LogP contribution in [0.15, 0.2) is 27.6 Å². The van der Waals surface area contributed by atoms with Crippen molar-refractivity contribution in [3.8, 4) is 0 Å². The van der Waals surface area contributed by atoms with Crippen LogP contribution in [-0.4, -0.2) is 71.0 Å². The molecule has 3 heterocycles. The lowest BCUT2D eigenvalue weighted by atomic mass is 9.42. The van der Waals surface area contributed by atoms with E-state index in [2.05, 4.69) is 24.1 Å². The Morgan fingerprint density at radius 3 is 2.51 bits per heavy atom. The summed E-state index contributed by atoms with van der Waals surface area (Å²) in [5.41, 5.74) is -1.40. The van der Waals surface area contributed by atoms with Crippen molar-refractivity contribution in [3.05, 3.63) is 34.4 Å². The van der Waals surface area contributed by atoms with Crippen LogP contribution in [-0.2, 0) is 19.1 Å². The van der Waals surface area contributed by atoms with Gasteiger partial charge in [-0.1, -0.05) is 13.8 Å². The molecule has 1 aromatic rings. The van der Waals surface area contributed by atoms with Gasteiger partial charge < -0.3 is 24.3 Å². The second-order valence-corrected chi connectivity index (χ2v) is 14.4. The van der Waals surface area contributed by atoms with Crippen LogP contribution in [0.1, 0.15) is 90.0 Å². The average molecular weight is 569 g/mol. The molecular formula is C32H44N2O7. The highest BCUT2D eigenvalue weighted by atomic mass is 16.7. The lowest BCUT2D eigenvalue weighted by molar-refractivity contribution is -0.214. The molecule has 0 bridgehead atoms. The van der Waals surface area contributed by atoms with Gasteiger partial charge in [0, 0.05) is 30.4 Å². The van der Waals surface area contributed by atoms with Gasteiger partial charge in [0.05, 0.1) is 18.4 Å². The van der Waals surface area contributed by atoms with Crippen molar-refractivity contribution in [1.29, 1.82) is 0 Å². The van der Waals surface area contributed by atoms with Gasteiger partial charge >= 0.3 is 11.6 Å². The van der Waals surface area contributed by atoms with Crippen molar-refractivity contribution >= 4 is 11.9 Å². The molecule has 2 N–H and O–H groups in total. The van der Waals surface area contributed by atoms with Crippen molar-refractivity contribution in [3.63, 3.8) is 0 Å². The maximum Gasteiger partial charge on any atom is 0.335 e. The van der Waals surface area contributed by atoms with Gasteiger partial charge in [0.2, 0.25) is 5.91 Å². The van der Waals surface area contributed by atoms with Crippen LogP contribution in [0.4, 0.5) is 0 Å². The molecule has 7 rings (SSSR count). The highest BCUT2D eigenvalue weighted by molar-refractivity contribution is 5.78. The van der Waals surface area contributed by atoms with Crippen molar-refractivity contribution in [2.45, 2.75) is 114 Å². The monoisotopic (exact) mass is 568 g/mol. The molecular weight excluding hydrogens is 524 g/mol. The highest BCUT2D eigenvalue weighted by Gasteiger charge is 2.85. The number of nitrogens with zero attached hydrogens (tertiary/aromatic N) is 1. The second-order valence-electron chi connectivity index (χ2n) is 14.4. The van der Waals surface area contributed by atoms with E-state index in [1.54, 1.807) is 0 Å². The van der Waals surface area contributed by atoms with Gasteiger partial charge in [0.25, 0.3) is 0 Å². The van der Waals surface area contributed by atoms with Crippen molar-refractivity contribution in [1.82, 2.24) is 10.2 Å². The number of ether oxygens (including phenoxy) is 2. The molecule has 4 aliphatic carbocycles. The first-order chi connectivity index (χ1) is 19.5. The summed E-state index contributed by atoms with van der Waals surface area (Å²) in [4.78, 5) is 39.0. The summed E-state index contributed by atoms with van der Waals surface area (Å²) in [6, 6.07) is 3.24. The molecule has 1 amide bonds. The highest BCUT2D eigenvalue weighted by Crippen LogP contribution is 2.78. The Kier molecular flexibility index (Phi) is 6.32. The molecule has 10 atom stereocenters. The Bertz CT molecular complexity index is 1270.